The van der Waals surface area contributed by atoms with E-state index in [-0.39, 0.29) is 12.1 Å². The molecule has 1 fully saturated rings. The van der Waals surface area contributed by atoms with Crippen molar-refractivity contribution in [1.82, 2.24) is 10.2 Å². The van der Waals surface area contributed by atoms with Crippen LogP contribution in [0.4, 0.5) is 5.69 Å². The van der Waals surface area contributed by atoms with E-state index < -0.39 is 20.5 Å². The Labute approximate surface area is 224 Å². The van der Waals surface area contributed by atoms with Crippen LogP contribution in [0, 0.1) is 0 Å². The summed E-state index contributed by atoms with van der Waals surface area (Å²) in [6.07, 6.45) is 2.28. The van der Waals surface area contributed by atoms with Gasteiger partial charge in [0, 0.05) is 45.7 Å². The second-order valence-corrected chi connectivity index (χ2v) is 13.2. The number of amides is 1. The fourth-order valence-electron chi connectivity index (χ4n) is 4.56. The van der Waals surface area contributed by atoms with Crippen molar-refractivity contribution in [2.75, 3.05) is 38.3 Å². The highest BCUT2D eigenvalue weighted by atomic mass is 35.5. The average Bonchev–Trinajstić information content (AvgIpc) is 2.82. The lowest BCUT2D eigenvalue weighted by Gasteiger charge is -2.39. The molecule has 1 aliphatic rings. The van der Waals surface area contributed by atoms with Crippen molar-refractivity contribution in [3.8, 4) is 0 Å². The molecule has 3 unspecified atom stereocenters. The topological polar surface area (TPSA) is 95.7 Å². The number of nitrogens with two attached hydrogens (primary N) is 1. The van der Waals surface area contributed by atoms with Crippen LogP contribution < -0.4 is 16.0 Å². The highest BCUT2D eigenvalue weighted by Gasteiger charge is 2.38. The number of likely N-dealkylation sites (tertiary alicyclic amines) is 1. The first-order valence-corrected chi connectivity index (χ1v) is 14.7. The second kappa shape index (κ2) is 11.7. The van der Waals surface area contributed by atoms with Gasteiger partial charge in [-0.25, -0.2) is 8.42 Å². The Morgan fingerprint density at radius 1 is 1.17 bits per heavy atom. The number of hydrogen-bond acceptors (Lipinski definition) is 6. The van der Waals surface area contributed by atoms with Gasteiger partial charge in [-0.3, -0.25) is 9.69 Å². The van der Waals surface area contributed by atoms with Crippen LogP contribution in [-0.2, 0) is 26.6 Å². The summed E-state index contributed by atoms with van der Waals surface area (Å²) in [5.74, 6) is -0.128. The minimum atomic E-state index is -3.13. The third kappa shape index (κ3) is 6.92. The van der Waals surface area contributed by atoms with E-state index in [1.807, 2.05) is 56.3 Å². The van der Waals surface area contributed by atoms with E-state index in [1.165, 1.54) is 6.26 Å². The number of halogens is 2. The summed E-state index contributed by atoms with van der Waals surface area (Å²) in [7, 11) is 0.830. The zero-order valence-electron chi connectivity index (χ0n) is 21.3. The molecule has 1 amide bonds. The van der Waals surface area contributed by atoms with E-state index in [0.717, 1.165) is 16.8 Å². The van der Waals surface area contributed by atoms with E-state index in [2.05, 4.69) is 10.2 Å². The van der Waals surface area contributed by atoms with Crippen molar-refractivity contribution in [1.29, 1.82) is 0 Å². The highest BCUT2D eigenvalue weighted by Crippen LogP contribution is 2.34. The van der Waals surface area contributed by atoms with Gasteiger partial charge < -0.3 is 16.0 Å². The number of hydrogen-bond donors (Lipinski definition) is 2. The number of nitrogens with one attached hydrogen (secondary N) is 1. The zero-order valence-corrected chi connectivity index (χ0v) is 23.6. The molecule has 1 saturated heterocycles. The molecule has 3 N–H and O–H groups in total. The molecule has 0 aromatic heterocycles. The third-order valence-electron chi connectivity index (χ3n) is 7.18. The van der Waals surface area contributed by atoms with Crippen LogP contribution in [0.5, 0.6) is 0 Å². The van der Waals surface area contributed by atoms with Crippen molar-refractivity contribution in [2.24, 2.45) is 5.73 Å². The van der Waals surface area contributed by atoms with Crippen molar-refractivity contribution in [2.45, 2.75) is 49.6 Å². The van der Waals surface area contributed by atoms with Crippen LogP contribution in [0.2, 0.25) is 10.0 Å². The van der Waals surface area contributed by atoms with Crippen LogP contribution in [0.3, 0.4) is 0 Å². The second-order valence-electron chi connectivity index (χ2n) is 10.0. The van der Waals surface area contributed by atoms with Gasteiger partial charge in [0.15, 0.2) is 0 Å². The maximum atomic E-state index is 13.6. The largest absolute Gasteiger partial charge is 0.378 e. The van der Waals surface area contributed by atoms with Crippen molar-refractivity contribution < 1.29 is 13.2 Å². The first-order valence-electron chi connectivity index (χ1n) is 12.0. The molecule has 1 heterocycles. The first kappa shape index (κ1) is 28.7. The lowest BCUT2D eigenvalue weighted by atomic mass is 9.78. The average molecular weight is 556 g/mol. The van der Waals surface area contributed by atoms with Crippen LogP contribution in [0.15, 0.2) is 42.5 Å². The Bertz CT molecular complexity index is 1170. The fourth-order valence-corrected chi connectivity index (χ4v) is 5.94. The van der Waals surface area contributed by atoms with Crippen molar-refractivity contribution in [3.63, 3.8) is 0 Å². The Hall–Kier alpha value is -1.84. The van der Waals surface area contributed by atoms with Crippen LogP contribution in [-0.4, -0.2) is 64.1 Å². The van der Waals surface area contributed by atoms with Crippen LogP contribution >= 0.6 is 23.2 Å². The van der Waals surface area contributed by atoms with Crippen LogP contribution in [0.1, 0.15) is 37.3 Å². The maximum Gasteiger partial charge on any atom is 0.230 e. The molecule has 3 atom stereocenters. The highest BCUT2D eigenvalue weighted by molar-refractivity contribution is 7.91. The summed E-state index contributed by atoms with van der Waals surface area (Å²) in [5.41, 5.74) is 8.29. The normalized spacial score (nSPS) is 20.5. The van der Waals surface area contributed by atoms with E-state index in [4.69, 9.17) is 28.9 Å². The summed E-state index contributed by atoms with van der Waals surface area (Å²) >= 11 is 12.5. The predicted molar refractivity (Wildman–Crippen MR) is 148 cm³/mol. The van der Waals surface area contributed by atoms with Crippen molar-refractivity contribution in [3.05, 3.63) is 63.6 Å². The zero-order chi connectivity index (χ0) is 26.7. The van der Waals surface area contributed by atoms with Gasteiger partial charge >= 0.3 is 0 Å². The Kier molecular flexibility index (Phi) is 9.33. The molecule has 10 heteroatoms. The summed E-state index contributed by atoms with van der Waals surface area (Å²) in [6.45, 7) is 3.39. The van der Waals surface area contributed by atoms with Gasteiger partial charge in [-0.1, -0.05) is 41.4 Å². The van der Waals surface area contributed by atoms with Gasteiger partial charge in [0.1, 0.15) is 9.84 Å². The van der Waals surface area contributed by atoms with Crippen molar-refractivity contribution >= 4 is 44.6 Å². The van der Waals surface area contributed by atoms with Gasteiger partial charge in [-0.15, -0.1) is 0 Å². The molecule has 2 aromatic rings. The summed E-state index contributed by atoms with van der Waals surface area (Å²) in [4.78, 5) is 17.7. The number of rotatable bonds is 9. The minimum Gasteiger partial charge on any atom is -0.378 e. The number of carbonyl (C=O) groups excluding carboxylic acids is 1. The van der Waals surface area contributed by atoms with Gasteiger partial charge in [0.25, 0.3) is 0 Å². The molecule has 0 bridgehead atoms. The molecule has 198 valence electrons. The molecule has 0 spiro atoms. The maximum absolute atomic E-state index is 13.6. The Morgan fingerprint density at radius 2 is 1.83 bits per heavy atom. The number of benzene rings is 2. The van der Waals surface area contributed by atoms with E-state index in [9.17, 15) is 13.2 Å². The van der Waals surface area contributed by atoms with E-state index in [1.54, 1.807) is 12.1 Å². The summed E-state index contributed by atoms with van der Waals surface area (Å²) < 4.78 is 24.0. The number of sulfone groups is 1. The molecule has 0 aliphatic carbocycles. The molecule has 0 radical (unpaired) electrons. The molecule has 7 nitrogen and oxygen atoms in total. The molecular weight excluding hydrogens is 519 g/mol. The molecule has 0 saturated carbocycles. The molecular formula is C26H36Cl2N4O3S. The molecule has 2 aromatic carbocycles. The van der Waals surface area contributed by atoms with Gasteiger partial charge in [0.2, 0.25) is 5.91 Å². The Morgan fingerprint density at radius 3 is 2.39 bits per heavy atom. The standard InChI is InChI=1S/C26H36Cl2N4O3S/c1-26(19-7-10-22(27)23(28)15-19,12-14-32-13-11-21(16-24(32)29)36(4,34)35)25(33)30-17-18-5-8-20(9-6-18)31(2)3/h5-10,15,21,24H,11-14,16-17,29H2,1-4H3,(H,30,33). The molecule has 1 aliphatic heterocycles. The minimum absolute atomic E-state index is 0.128. The van der Waals surface area contributed by atoms with Crippen LogP contribution in [0.25, 0.3) is 0 Å². The lowest BCUT2D eigenvalue weighted by Crippen LogP contribution is -2.53. The monoisotopic (exact) mass is 554 g/mol. The SMILES string of the molecule is CN(C)c1ccc(CNC(=O)C(C)(CCN2CCC(S(C)(=O)=O)CC2N)c2ccc(Cl)c(Cl)c2)cc1. The quantitative estimate of drug-likeness (QED) is 0.489. The summed E-state index contributed by atoms with van der Waals surface area (Å²) in [5, 5.41) is 3.48. The third-order valence-corrected chi connectivity index (χ3v) is 9.56. The number of carbonyl (C=O) groups is 1. The van der Waals surface area contributed by atoms with Gasteiger partial charge in [0.05, 0.1) is 26.9 Å². The molecule has 3 rings (SSSR count). The van der Waals surface area contributed by atoms with E-state index in [0.29, 0.717) is 48.9 Å². The predicted octanol–water partition coefficient (Wildman–Crippen LogP) is 3.82. The number of anilines is 1. The smallest absolute Gasteiger partial charge is 0.230 e. The Balaban J connectivity index is 1.76. The molecule has 36 heavy (non-hydrogen) atoms. The first-order chi connectivity index (χ1) is 16.8. The van der Waals surface area contributed by atoms with Gasteiger partial charge in [-0.05, 0) is 61.6 Å². The summed E-state index contributed by atoms with van der Waals surface area (Å²) in [6, 6.07) is 13.3. The number of nitrogens with zero attached hydrogens (tertiary/aromatic N) is 2. The number of piperidine rings is 1. The van der Waals surface area contributed by atoms with E-state index >= 15 is 0 Å². The lowest BCUT2D eigenvalue weighted by molar-refractivity contribution is -0.126. The van der Waals surface area contributed by atoms with Gasteiger partial charge in [-0.2, -0.15) is 0 Å². The fraction of sp³-hybridized carbons (Fsp3) is 0.500.